The molecule has 2 atom stereocenters. The average Bonchev–Trinajstić information content (AvgIpc) is 2.55. The lowest BCUT2D eigenvalue weighted by molar-refractivity contribution is -0.388. The largest absolute Gasteiger partial charge is 0.486 e. The first-order valence-corrected chi connectivity index (χ1v) is 9.18. The van der Waals surface area contributed by atoms with Crippen molar-refractivity contribution in [3.05, 3.63) is 22.2 Å². The fourth-order valence-electron chi connectivity index (χ4n) is 2.83. The van der Waals surface area contributed by atoms with E-state index in [0.29, 0.717) is 6.54 Å². The molecule has 0 saturated carbocycles. The summed E-state index contributed by atoms with van der Waals surface area (Å²) in [6.07, 6.45) is 0.830. The van der Waals surface area contributed by atoms with Gasteiger partial charge in [0.05, 0.1) is 11.0 Å². The van der Waals surface area contributed by atoms with Gasteiger partial charge in [0.2, 0.25) is 10.0 Å². The van der Waals surface area contributed by atoms with E-state index in [4.69, 9.17) is 9.47 Å². The first kappa shape index (κ1) is 16.9. The van der Waals surface area contributed by atoms with E-state index in [-0.39, 0.29) is 36.7 Å². The van der Waals surface area contributed by atoms with Crippen molar-refractivity contribution in [2.24, 2.45) is 5.92 Å². The van der Waals surface area contributed by atoms with Crippen LogP contribution in [0.3, 0.4) is 0 Å². The van der Waals surface area contributed by atoms with Crippen molar-refractivity contribution in [2.45, 2.75) is 24.3 Å². The molecule has 1 aromatic carbocycles. The molecule has 0 spiro atoms. The van der Waals surface area contributed by atoms with E-state index in [1.165, 1.54) is 0 Å². The molecule has 1 aromatic rings. The first-order valence-electron chi connectivity index (χ1n) is 7.69. The van der Waals surface area contributed by atoms with E-state index >= 15 is 0 Å². The highest BCUT2D eigenvalue weighted by atomic mass is 32.2. The normalized spacial score (nSPS) is 23.7. The zero-order valence-electron chi connectivity index (χ0n) is 13.1. The highest BCUT2D eigenvalue weighted by Gasteiger charge is 2.33. The summed E-state index contributed by atoms with van der Waals surface area (Å²) in [6.45, 7) is 3.79. The molecule has 2 heterocycles. The Morgan fingerprint density at radius 3 is 2.58 bits per heavy atom. The Kier molecular flexibility index (Phi) is 4.61. The Balaban J connectivity index is 1.98. The number of benzene rings is 1. The molecule has 3 rings (SSSR count). The number of hydrogen-bond acceptors (Lipinski definition) is 7. The highest BCUT2D eigenvalue weighted by Crippen LogP contribution is 2.38. The van der Waals surface area contributed by atoms with Crippen LogP contribution in [0.4, 0.5) is 5.69 Å². The maximum atomic E-state index is 12.7. The third kappa shape index (κ3) is 3.30. The van der Waals surface area contributed by atoms with E-state index < -0.39 is 25.5 Å². The van der Waals surface area contributed by atoms with Crippen molar-refractivity contribution in [3.8, 4) is 11.5 Å². The predicted octanol–water partition coefficient (Wildman–Crippen LogP) is 0.642. The minimum atomic E-state index is -4.07. The van der Waals surface area contributed by atoms with E-state index in [9.17, 15) is 18.5 Å². The topological polar surface area (TPSA) is 120 Å². The summed E-state index contributed by atoms with van der Waals surface area (Å²) in [5.41, 5.74) is -0.525. The Hall–Kier alpha value is -1.91. The molecule has 10 heteroatoms. The van der Waals surface area contributed by atoms with Crippen LogP contribution in [0.2, 0.25) is 0 Å². The van der Waals surface area contributed by atoms with Gasteiger partial charge in [0.25, 0.3) is 5.69 Å². The number of nitro benzene ring substituents is 1. The Bertz CT molecular complexity index is 751. The van der Waals surface area contributed by atoms with E-state index in [2.05, 4.69) is 10.0 Å². The van der Waals surface area contributed by atoms with Crippen LogP contribution in [-0.2, 0) is 10.0 Å². The maximum absolute atomic E-state index is 12.7. The number of fused-ring (bicyclic) bond motifs is 1. The molecule has 1 saturated heterocycles. The average molecular weight is 357 g/mol. The predicted molar refractivity (Wildman–Crippen MR) is 84.8 cm³/mol. The lowest BCUT2D eigenvalue weighted by atomic mass is 9.96. The van der Waals surface area contributed by atoms with Gasteiger partial charge >= 0.3 is 0 Å². The number of nitro groups is 1. The van der Waals surface area contributed by atoms with E-state index in [1.807, 2.05) is 6.92 Å². The molecular formula is C14H19N3O6S. The minimum Gasteiger partial charge on any atom is -0.486 e. The summed E-state index contributed by atoms with van der Waals surface area (Å²) in [5, 5.41) is 14.4. The fourth-order valence-corrected chi connectivity index (χ4v) is 4.34. The SMILES string of the molecule is CC1CCNCC1NS(=O)(=O)c1cc2c(cc1[N+](=O)[O-])OCCO2. The molecule has 0 aromatic heterocycles. The van der Waals surface area contributed by atoms with Crippen LogP contribution < -0.4 is 19.5 Å². The molecule has 1 fully saturated rings. The molecule has 2 N–H and O–H groups in total. The number of hydrogen-bond donors (Lipinski definition) is 2. The molecule has 2 aliphatic rings. The van der Waals surface area contributed by atoms with Crippen LogP contribution in [0.1, 0.15) is 13.3 Å². The van der Waals surface area contributed by atoms with Crippen LogP contribution in [0, 0.1) is 16.0 Å². The molecule has 2 unspecified atom stereocenters. The second kappa shape index (κ2) is 6.54. The van der Waals surface area contributed by atoms with Crippen molar-refractivity contribution >= 4 is 15.7 Å². The molecular weight excluding hydrogens is 338 g/mol. The number of ether oxygens (including phenoxy) is 2. The Labute approximate surface area is 139 Å². The highest BCUT2D eigenvalue weighted by molar-refractivity contribution is 7.89. The second-order valence-corrected chi connectivity index (χ2v) is 7.60. The summed E-state index contributed by atoms with van der Waals surface area (Å²) >= 11 is 0. The summed E-state index contributed by atoms with van der Waals surface area (Å²) in [4.78, 5) is 10.2. The lowest BCUT2D eigenvalue weighted by Gasteiger charge is -2.30. The summed E-state index contributed by atoms with van der Waals surface area (Å²) in [5.74, 6) is 0.513. The van der Waals surface area contributed by atoms with Crippen molar-refractivity contribution < 1.29 is 22.8 Å². The van der Waals surface area contributed by atoms with Gasteiger partial charge in [-0.15, -0.1) is 0 Å². The van der Waals surface area contributed by atoms with Gasteiger partial charge in [0.15, 0.2) is 16.4 Å². The molecule has 0 radical (unpaired) electrons. The summed E-state index contributed by atoms with van der Waals surface area (Å²) < 4.78 is 38.7. The molecule has 0 bridgehead atoms. The van der Waals surface area contributed by atoms with Gasteiger partial charge in [-0.05, 0) is 18.9 Å². The standard InChI is InChI=1S/C14H19N3O6S/c1-9-2-3-15-8-10(9)16-24(20,21)14-7-13-12(22-4-5-23-13)6-11(14)17(18)19/h6-7,9-10,15-16H,2-5,8H2,1H3. The third-order valence-corrected chi connectivity index (χ3v) is 5.76. The maximum Gasteiger partial charge on any atom is 0.293 e. The minimum absolute atomic E-state index is 0.136. The zero-order valence-corrected chi connectivity index (χ0v) is 14.0. The van der Waals surface area contributed by atoms with Crippen LogP contribution in [-0.4, -0.2) is 45.7 Å². The molecule has 2 aliphatic heterocycles. The smallest absolute Gasteiger partial charge is 0.293 e. The fraction of sp³-hybridized carbons (Fsp3) is 0.571. The third-order valence-electron chi connectivity index (χ3n) is 4.24. The first-order chi connectivity index (χ1) is 11.4. The molecule has 0 aliphatic carbocycles. The summed E-state index contributed by atoms with van der Waals surface area (Å²) in [6, 6.07) is 1.94. The monoisotopic (exact) mass is 357 g/mol. The van der Waals surface area contributed by atoms with Gasteiger partial charge in [-0.25, -0.2) is 13.1 Å². The van der Waals surface area contributed by atoms with E-state index in [0.717, 1.165) is 25.1 Å². The van der Waals surface area contributed by atoms with Gasteiger partial charge in [-0.1, -0.05) is 6.92 Å². The zero-order chi connectivity index (χ0) is 17.3. The second-order valence-electron chi connectivity index (χ2n) is 5.92. The number of piperidine rings is 1. The van der Waals surface area contributed by atoms with Crippen molar-refractivity contribution in [2.75, 3.05) is 26.3 Å². The quantitative estimate of drug-likeness (QED) is 0.599. The van der Waals surface area contributed by atoms with E-state index in [1.54, 1.807) is 0 Å². The van der Waals surface area contributed by atoms with Gasteiger partial charge in [-0.2, -0.15) is 0 Å². The van der Waals surface area contributed by atoms with Crippen LogP contribution in [0.15, 0.2) is 17.0 Å². The number of nitrogens with one attached hydrogen (secondary N) is 2. The van der Waals surface area contributed by atoms with Gasteiger partial charge < -0.3 is 14.8 Å². The van der Waals surface area contributed by atoms with Crippen LogP contribution in [0.25, 0.3) is 0 Å². The van der Waals surface area contributed by atoms with Gasteiger partial charge in [-0.3, -0.25) is 10.1 Å². The molecule has 132 valence electrons. The van der Waals surface area contributed by atoms with Gasteiger partial charge in [0, 0.05) is 18.7 Å². The summed E-state index contributed by atoms with van der Waals surface area (Å²) in [7, 11) is -4.07. The number of rotatable bonds is 4. The van der Waals surface area contributed by atoms with Crippen LogP contribution >= 0.6 is 0 Å². The molecule has 9 nitrogen and oxygen atoms in total. The van der Waals surface area contributed by atoms with Crippen molar-refractivity contribution in [3.63, 3.8) is 0 Å². The van der Waals surface area contributed by atoms with Crippen molar-refractivity contribution in [1.29, 1.82) is 0 Å². The van der Waals surface area contributed by atoms with Gasteiger partial charge in [0.1, 0.15) is 13.2 Å². The number of nitrogens with zero attached hydrogens (tertiary/aromatic N) is 1. The number of sulfonamides is 1. The van der Waals surface area contributed by atoms with Crippen LogP contribution in [0.5, 0.6) is 11.5 Å². The molecule has 24 heavy (non-hydrogen) atoms. The van der Waals surface area contributed by atoms with Crippen molar-refractivity contribution in [1.82, 2.24) is 10.0 Å². The Morgan fingerprint density at radius 2 is 1.96 bits per heavy atom. The Morgan fingerprint density at radius 1 is 1.29 bits per heavy atom. The molecule has 0 amide bonds. The lowest BCUT2D eigenvalue weighted by Crippen LogP contribution is -2.50.